The number of hydrogen-bond donors (Lipinski definition) is 0. The second-order valence-corrected chi connectivity index (χ2v) is 8.80. The molecule has 3 heterocycles. The fraction of sp³-hybridized carbons (Fsp3) is 0.440. The Hall–Kier alpha value is -3.29. The molecular formula is C25H30FN5O2. The molecule has 3 aromatic rings. The molecule has 8 heteroatoms. The quantitative estimate of drug-likeness (QED) is 0.555. The van der Waals surface area contributed by atoms with Gasteiger partial charge in [0, 0.05) is 56.3 Å². The molecule has 4 rings (SSSR count). The van der Waals surface area contributed by atoms with E-state index >= 15 is 0 Å². The summed E-state index contributed by atoms with van der Waals surface area (Å²) in [4.78, 5) is 32.9. The summed E-state index contributed by atoms with van der Waals surface area (Å²) in [6, 6.07) is 4.59. The average Bonchev–Trinajstić information content (AvgIpc) is 3.06. The number of anilines is 1. The van der Waals surface area contributed by atoms with Crippen LogP contribution in [-0.4, -0.2) is 57.5 Å². The maximum absolute atomic E-state index is 14.5. The standard InChI is InChI=1S/C25H30FN5O2/c1-15-20(16(2)27-25-24(15)17(3)28-29(25)5)7-9-23(33)31-12-10-30(11-13-31)22-8-6-19(18(4)32)14-21(22)26/h6,8,14H,7,9-13H2,1-5H3. The second kappa shape index (κ2) is 8.92. The van der Waals surface area contributed by atoms with E-state index in [0.29, 0.717) is 50.3 Å². The molecule has 0 atom stereocenters. The zero-order chi connectivity index (χ0) is 23.9. The normalized spacial score (nSPS) is 14.2. The van der Waals surface area contributed by atoms with Gasteiger partial charge in [-0.1, -0.05) is 0 Å². The van der Waals surface area contributed by atoms with Crippen LogP contribution in [0.5, 0.6) is 0 Å². The van der Waals surface area contributed by atoms with E-state index in [-0.39, 0.29) is 11.7 Å². The van der Waals surface area contributed by atoms with Gasteiger partial charge in [0.25, 0.3) is 0 Å². The summed E-state index contributed by atoms with van der Waals surface area (Å²) in [5, 5.41) is 5.55. The van der Waals surface area contributed by atoms with Gasteiger partial charge in [0.15, 0.2) is 11.4 Å². The monoisotopic (exact) mass is 451 g/mol. The van der Waals surface area contributed by atoms with E-state index in [0.717, 1.165) is 33.5 Å². The first kappa shape index (κ1) is 22.9. The number of hydrogen-bond acceptors (Lipinski definition) is 5. The van der Waals surface area contributed by atoms with Crippen LogP contribution in [0.3, 0.4) is 0 Å². The molecule has 0 spiro atoms. The summed E-state index contributed by atoms with van der Waals surface area (Å²) in [5.74, 6) is -0.458. The van der Waals surface area contributed by atoms with Crippen LogP contribution >= 0.6 is 0 Å². The molecule has 0 N–H and O–H groups in total. The van der Waals surface area contributed by atoms with Crippen molar-refractivity contribution in [2.75, 3.05) is 31.1 Å². The minimum Gasteiger partial charge on any atom is -0.366 e. The topological polar surface area (TPSA) is 71.3 Å². The number of aryl methyl sites for hydroxylation is 4. The number of rotatable bonds is 5. The fourth-order valence-corrected chi connectivity index (χ4v) is 4.80. The zero-order valence-electron chi connectivity index (χ0n) is 19.9. The Balaban J connectivity index is 1.39. The number of Topliss-reactive ketones (excluding diaryl/α,β-unsaturated/α-hetero) is 1. The molecule has 1 fully saturated rings. The Bertz CT molecular complexity index is 1240. The van der Waals surface area contributed by atoms with Gasteiger partial charge in [0.2, 0.25) is 5.91 Å². The highest BCUT2D eigenvalue weighted by atomic mass is 19.1. The summed E-state index contributed by atoms with van der Waals surface area (Å²) in [7, 11) is 1.90. The Kier molecular flexibility index (Phi) is 6.19. The van der Waals surface area contributed by atoms with Crippen LogP contribution in [0, 0.1) is 26.6 Å². The molecule has 1 aliphatic rings. The van der Waals surface area contributed by atoms with Crippen molar-refractivity contribution in [1.82, 2.24) is 19.7 Å². The molecule has 0 aliphatic carbocycles. The molecular weight excluding hydrogens is 421 g/mol. The molecule has 0 radical (unpaired) electrons. The van der Waals surface area contributed by atoms with Crippen LogP contribution < -0.4 is 4.90 Å². The zero-order valence-corrected chi connectivity index (χ0v) is 19.9. The van der Waals surface area contributed by atoms with Crippen LogP contribution in [0.2, 0.25) is 0 Å². The lowest BCUT2D eigenvalue weighted by molar-refractivity contribution is -0.131. The van der Waals surface area contributed by atoms with Crippen molar-refractivity contribution in [2.45, 2.75) is 40.5 Å². The van der Waals surface area contributed by atoms with Crippen LogP contribution in [0.1, 0.15) is 46.2 Å². The molecule has 33 heavy (non-hydrogen) atoms. The molecule has 2 aromatic heterocycles. The Morgan fingerprint density at radius 1 is 1.06 bits per heavy atom. The van der Waals surface area contributed by atoms with Gasteiger partial charge in [-0.05, 0) is 63.4 Å². The Labute approximate surface area is 193 Å². The molecule has 0 saturated carbocycles. The minimum atomic E-state index is -0.401. The number of carbonyl (C=O) groups excluding carboxylic acids is 2. The lowest BCUT2D eigenvalue weighted by Crippen LogP contribution is -2.49. The third-order valence-corrected chi connectivity index (χ3v) is 6.65. The van der Waals surface area contributed by atoms with E-state index in [1.54, 1.807) is 16.8 Å². The number of benzene rings is 1. The number of pyridine rings is 1. The molecule has 0 bridgehead atoms. The molecule has 1 saturated heterocycles. The summed E-state index contributed by atoms with van der Waals surface area (Å²) in [6.45, 7) is 9.68. The number of ketones is 1. The molecule has 1 aromatic carbocycles. The van der Waals surface area contributed by atoms with Gasteiger partial charge in [-0.3, -0.25) is 14.3 Å². The molecule has 7 nitrogen and oxygen atoms in total. The molecule has 174 valence electrons. The first-order chi connectivity index (χ1) is 15.7. The predicted octanol–water partition coefficient (Wildman–Crippen LogP) is 3.52. The molecule has 1 amide bonds. The lowest BCUT2D eigenvalue weighted by atomic mass is 9.99. The van der Waals surface area contributed by atoms with E-state index < -0.39 is 5.82 Å². The van der Waals surface area contributed by atoms with Crippen LogP contribution in [-0.2, 0) is 18.3 Å². The van der Waals surface area contributed by atoms with Crippen LogP contribution in [0.25, 0.3) is 11.0 Å². The number of nitrogens with zero attached hydrogens (tertiary/aromatic N) is 5. The van der Waals surface area contributed by atoms with Gasteiger partial charge < -0.3 is 9.80 Å². The van der Waals surface area contributed by atoms with Gasteiger partial charge in [0.05, 0.1) is 11.4 Å². The Morgan fingerprint density at radius 3 is 2.39 bits per heavy atom. The largest absolute Gasteiger partial charge is 0.366 e. The summed E-state index contributed by atoms with van der Waals surface area (Å²) >= 11 is 0. The van der Waals surface area contributed by atoms with E-state index in [2.05, 4.69) is 12.0 Å². The smallest absolute Gasteiger partial charge is 0.223 e. The second-order valence-electron chi connectivity index (χ2n) is 8.80. The first-order valence-electron chi connectivity index (χ1n) is 11.3. The number of halogens is 1. The number of aromatic nitrogens is 3. The van der Waals surface area contributed by atoms with Crippen molar-refractivity contribution < 1.29 is 14.0 Å². The third-order valence-electron chi connectivity index (χ3n) is 6.65. The lowest BCUT2D eigenvalue weighted by Gasteiger charge is -2.36. The van der Waals surface area contributed by atoms with Gasteiger partial charge in [0.1, 0.15) is 5.82 Å². The van der Waals surface area contributed by atoms with Crippen LogP contribution in [0.15, 0.2) is 18.2 Å². The van der Waals surface area contributed by atoms with Crippen molar-refractivity contribution in [2.24, 2.45) is 7.05 Å². The number of piperazine rings is 1. The summed E-state index contributed by atoms with van der Waals surface area (Å²) in [6.07, 6.45) is 1.05. The summed E-state index contributed by atoms with van der Waals surface area (Å²) in [5.41, 5.74) is 5.85. The van der Waals surface area contributed by atoms with Gasteiger partial charge in [-0.15, -0.1) is 0 Å². The highest BCUT2D eigenvalue weighted by molar-refractivity contribution is 5.94. The van der Waals surface area contributed by atoms with Crippen molar-refractivity contribution in [3.05, 3.63) is 52.1 Å². The van der Waals surface area contributed by atoms with E-state index in [4.69, 9.17) is 4.98 Å². The number of amides is 1. The SMILES string of the molecule is CC(=O)c1ccc(N2CCN(C(=O)CCc3c(C)nc4c(c(C)nn4C)c3C)CC2)c(F)c1. The maximum Gasteiger partial charge on any atom is 0.223 e. The summed E-state index contributed by atoms with van der Waals surface area (Å²) < 4.78 is 16.3. The van der Waals surface area contributed by atoms with Gasteiger partial charge >= 0.3 is 0 Å². The van der Waals surface area contributed by atoms with Crippen molar-refractivity contribution >= 4 is 28.4 Å². The maximum atomic E-state index is 14.5. The Morgan fingerprint density at radius 2 is 1.76 bits per heavy atom. The highest BCUT2D eigenvalue weighted by Gasteiger charge is 2.24. The van der Waals surface area contributed by atoms with Crippen molar-refractivity contribution in [1.29, 1.82) is 0 Å². The van der Waals surface area contributed by atoms with Gasteiger partial charge in [-0.2, -0.15) is 5.10 Å². The molecule has 1 aliphatic heterocycles. The fourth-order valence-electron chi connectivity index (χ4n) is 4.80. The van der Waals surface area contributed by atoms with E-state index in [9.17, 15) is 14.0 Å². The highest BCUT2D eigenvalue weighted by Crippen LogP contribution is 2.27. The predicted molar refractivity (Wildman–Crippen MR) is 126 cm³/mol. The molecule has 0 unspecified atom stereocenters. The number of fused-ring (bicyclic) bond motifs is 1. The van der Waals surface area contributed by atoms with Crippen LogP contribution in [0.4, 0.5) is 10.1 Å². The number of carbonyl (C=O) groups is 2. The third kappa shape index (κ3) is 4.34. The van der Waals surface area contributed by atoms with E-state index in [1.807, 2.05) is 30.7 Å². The first-order valence-corrected chi connectivity index (χ1v) is 11.3. The average molecular weight is 452 g/mol. The van der Waals surface area contributed by atoms with E-state index in [1.165, 1.54) is 13.0 Å². The van der Waals surface area contributed by atoms with Crippen molar-refractivity contribution in [3.8, 4) is 0 Å². The minimum absolute atomic E-state index is 0.101. The van der Waals surface area contributed by atoms with Gasteiger partial charge in [-0.25, -0.2) is 9.37 Å². The van der Waals surface area contributed by atoms with Crippen molar-refractivity contribution in [3.63, 3.8) is 0 Å².